The van der Waals surface area contributed by atoms with E-state index in [2.05, 4.69) is 135 Å². The summed E-state index contributed by atoms with van der Waals surface area (Å²) in [6.07, 6.45) is 0. The summed E-state index contributed by atoms with van der Waals surface area (Å²) in [5.74, 6) is 0. The molecule has 0 aliphatic carbocycles. The van der Waals surface area contributed by atoms with E-state index in [0.717, 1.165) is 0 Å². The van der Waals surface area contributed by atoms with E-state index in [1.54, 1.807) is 5.19 Å². The van der Waals surface area contributed by atoms with Gasteiger partial charge in [0.25, 0.3) is 0 Å². The Bertz CT molecular complexity index is 352. The van der Waals surface area contributed by atoms with Crippen LogP contribution in [0, 0.1) is 0 Å². The van der Waals surface area contributed by atoms with Crippen LogP contribution < -0.4 is 5.19 Å². The second kappa shape index (κ2) is 19.6. The molecule has 5 heteroatoms. The molecule has 0 aliphatic rings. The van der Waals surface area contributed by atoms with Gasteiger partial charge in [0.1, 0.15) is 0 Å². The number of hydrogen-bond donors (Lipinski definition) is 0. The molecule has 0 amide bonds. The molecule has 1 aromatic rings. The Balaban J connectivity index is -0.000000129. The molecule has 1 aromatic carbocycles. The summed E-state index contributed by atoms with van der Waals surface area (Å²) in [7, 11) is -2.03. The van der Waals surface area contributed by atoms with Crippen LogP contribution in [0.15, 0.2) is 30.3 Å². The highest BCUT2D eigenvalue weighted by atomic mass is 28.3. The molecule has 0 N–H and O–H groups in total. The van der Waals surface area contributed by atoms with Crippen molar-refractivity contribution in [3.05, 3.63) is 30.3 Å². The fraction of sp³-hybridized carbons (Fsp3) is 0.727. The van der Waals surface area contributed by atoms with Crippen LogP contribution in [0.5, 0.6) is 0 Å². The lowest BCUT2D eigenvalue weighted by molar-refractivity contribution is 1.71. The maximum atomic E-state index is 2.34. The highest BCUT2D eigenvalue weighted by Gasteiger charge is 1.99. The largest absolute Gasteiger partial charge is 0.0724 e. The van der Waals surface area contributed by atoms with E-state index >= 15 is 0 Å². The zero-order chi connectivity index (χ0) is 22.8. The molecule has 0 saturated carbocycles. The van der Waals surface area contributed by atoms with Crippen molar-refractivity contribution >= 4 is 47.7 Å². The van der Waals surface area contributed by atoms with Crippen LogP contribution >= 0.6 is 0 Å². The van der Waals surface area contributed by atoms with Crippen molar-refractivity contribution in [1.29, 1.82) is 0 Å². The van der Waals surface area contributed by atoms with Crippen molar-refractivity contribution in [3.8, 4) is 0 Å². The lowest BCUT2D eigenvalue weighted by Crippen LogP contribution is -2.21. The molecule has 164 valence electrons. The van der Waals surface area contributed by atoms with E-state index < -0.39 is 24.9 Å². The van der Waals surface area contributed by atoms with Crippen LogP contribution in [0.2, 0.25) is 105 Å². The standard InChI is InChI=1S/C8H12Si.2C4H12Si.2C3H10Si/c1-9(2)8-6-4-3-5-7-8;2*1-5(2,3)4;2*1-4(2)3/h3-7,9H,1-2H3;2*1-4H3;2*4H,1-3H3. The minimum atomic E-state index is -0.611. The van der Waals surface area contributed by atoms with Gasteiger partial charge in [0.15, 0.2) is 0 Å². The molecule has 0 spiro atoms. The fourth-order valence-corrected chi connectivity index (χ4v) is 1.83. The molecule has 0 unspecified atom stereocenters. The second-order valence-corrected chi connectivity index (χ2v) is 33.9. The normalized spacial score (nSPS) is 10.5. The van der Waals surface area contributed by atoms with Crippen LogP contribution in [-0.2, 0) is 0 Å². The molecule has 0 atom stereocenters. The third kappa shape index (κ3) is 103. The zero-order valence-corrected chi connectivity index (χ0v) is 27.6. The van der Waals surface area contributed by atoms with Gasteiger partial charge in [0.2, 0.25) is 0 Å². The average Bonchev–Trinajstić information content (AvgIpc) is 2.34. The van der Waals surface area contributed by atoms with Crippen molar-refractivity contribution in [3.63, 3.8) is 0 Å². The van der Waals surface area contributed by atoms with Gasteiger partial charge in [-0.2, -0.15) is 0 Å². The highest BCUT2D eigenvalue weighted by molar-refractivity contribution is 6.75. The minimum Gasteiger partial charge on any atom is -0.0724 e. The van der Waals surface area contributed by atoms with Crippen LogP contribution in [0.25, 0.3) is 0 Å². The Labute approximate surface area is 182 Å². The third-order valence-corrected chi connectivity index (χ3v) is 3.18. The van der Waals surface area contributed by atoms with Gasteiger partial charge in [-0.15, -0.1) is 0 Å². The first-order chi connectivity index (χ1) is 11.8. The predicted octanol–water partition coefficient (Wildman–Crippen LogP) is 7.49. The molecule has 0 aliphatic heterocycles. The molecule has 0 radical (unpaired) electrons. The van der Waals surface area contributed by atoms with Gasteiger partial charge < -0.3 is 0 Å². The lowest BCUT2D eigenvalue weighted by Gasteiger charge is -2.01. The molecule has 0 nitrogen and oxygen atoms in total. The minimum absolute atomic E-state index is 0.139. The van der Waals surface area contributed by atoms with Gasteiger partial charge in [-0.05, 0) is 0 Å². The van der Waals surface area contributed by atoms with Gasteiger partial charge in [-0.1, -0.05) is 140 Å². The van der Waals surface area contributed by atoms with E-state index in [9.17, 15) is 0 Å². The smallest absolute Gasteiger partial charge is 0.0647 e. The Morgan fingerprint density at radius 2 is 0.667 bits per heavy atom. The van der Waals surface area contributed by atoms with E-state index in [1.165, 1.54) is 0 Å². The van der Waals surface area contributed by atoms with Gasteiger partial charge in [-0.25, -0.2) is 0 Å². The molecule has 1 rings (SSSR count). The van der Waals surface area contributed by atoms with Crippen molar-refractivity contribution in [2.45, 2.75) is 105 Å². The van der Waals surface area contributed by atoms with E-state index in [0.29, 0.717) is 0 Å². The van der Waals surface area contributed by atoms with Crippen molar-refractivity contribution in [2.75, 3.05) is 0 Å². The Hall–Kier alpha value is 0.304. The van der Waals surface area contributed by atoms with Crippen LogP contribution in [0.4, 0.5) is 0 Å². The molecule has 0 saturated heterocycles. The van der Waals surface area contributed by atoms with E-state index in [-0.39, 0.29) is 17.6 Å². The molecule has 27 heavy (non-hydrogen) atoms. The molecule has 0 heterocycles. The van der Waals surface area contributed by atoms with Crippen LogP contribution in [-0.4, -0.2) is 42.5 Å². The maximum Gasteiger partial charge on any atom is 0.0647 e. The van der Waals surface area contributed by atoms with E-state index in [4.69, 9.17) is 0 Å². The van der Waals surface area contributed by atoms with Crippen LogP contribution in [0.1, 0.15) is 0 Å². The summed E-state index contributed by atoms with van der Waals surface area (Å²) < 4.78 is 0. The molecule has 0 fully saturated rings. The van der Waals surface area contributed by atoms with Gasteiger partial charge >= 0.3 is 0 Å². The fourth-order valence-electron chi connectivity index (χ4n) is 0.838. The summed E-state index contributed by atoms with van der Waals surface area (Å²) >= 11 is 0. The SMILES string of the molecule is C[SiH](C)C.C[SiH](C)C.C[SiH](C)c1ccccc1.C[Si](C)(C)C.C[Si](C)(C)C. The van der Waals surface area contributed by atoms with Crippen molar-refractivity contribution < 1.29 is 0 Å². The molecular formula is C22H56Si5. The Kier molecular flexibility index (Phi) is 25.3. The summed E-state index contributed by atoms with van der Waals surface area (Å²) in [5, 5.41) is 1.55. The Morgan fingerprint density at radius 1 is 0.481 bits per heavy atom. The quantitative estimate of drug-likeness (QED) is 0.380. The first kappa shape index (κ1) is 34.8. The first-order valence-corrected chi connectivity index (χ1v) is 28.6. The number of hydrogen-bond acceptors (Lipinski definition) is 0. The molecule has 0 bridgehead atoms. The third-order valence-electron chi connectivity index (χ3n) is 1.47. The average molecular weight is 461 g/mol. The first-order valence-electron chi connectivity index (χ1n) is 10.8. The van der Waals surface area contributed by atoms with Gasteiger partial charge in [-0.3, -0.25) is 0 Å². The maximum absolute atomic E-state index is 2.34. The number of rotatable bonds is 1. The summed E-state index contributed by atoms with van der Waals surface area (Å²) in [6.45, 7) is 37.1. The van der Waals surface area contributed by atoms with Gasteiger partial charge in [0.05, 0.1) is 8.80 Å². The molecular weight excluding hydrogens is 405 g/mol. The summed E-state index contributed by atoms with van der Waals surface area (Å²) in [5.41, 5.74) is 0. The lowest BCUT2D eigenvalue weighted by atomic mass is 10.4. The second-order valence-electron chi connectivity index (χ2n) is 12.0. The van der Waals surface area contributed by atoms with Gasteiger partial charge in [0, 0.05) is 33.7 Å². The van der Waals surface area contributed by atoms with Crippen molar-refractivity contribution in [2.24, 2.45) is 0 Å². The highest BCUT2D eigenvalue weighted by Crippen LogP contribution is 1.95. The monoisotopic (exact) mass is 460 g/mol. The zero-order valence-electron chi connectivity index (χ0n) is 22.1. The summed E-state index contributed by atoms with van der Waals surface area (Å²) in [6, 6.07) is 10.7. The van der Waals surface area contributed by atoms with Crippen LogP contribution in [0.3, 0.4) is 0 Å². The van der Waals surface area contributed by atoms with Crippen molar-refractivity contribution in [1.82, 2.24) is 0 Å². The predicted molar refractivity (Wildman–Crippen MR) is 153 cm³/mol. The topological polar surface area (TPSA) is 0 Å². The Morgan fingerprint density at radius 3 is 0.778 bits per heavy atom. The molecule has 0 aromatic heterocycles. The number of benzene rings is 1. The van der Waals surface area contributed by atoms with E-state index in [1.807, 2.05) is 0 Å². The summed E-state index contributed by atoms with van der Waals surface area (Å²) in [4.78, 5) is 0.